The highest BCUT2D eigenvalue weighted by molar-refractivity contribution is 6.31. The molecule has 2 aromatic rings. The largest absolute Gasteiger partial charge is 0.361 e. The molecule has 0 bridgehead atoms. The minimum Gasteiger partial charge on any atom is -0.361 e. The molecule has 3 nitrogen and oxygen atoms in total. The Bertz CT molecular complexity index is 642. The molecule has 1 aliphatic rings. The number of hydrogen-bond acceptors (Lipinski definition) is 2. The van der Waals surface area contributed by atoms with Gasteiger partial charge in [0.25, 0.3) is 5.91 Å². The molecule has 4 heteroatoms. The first kappa shape index (κ1) is 13.0. The molecular weight excluding hydrogens is 272 g/mol. The van der Waals surface area contributed by atoms with Gasteiger partial charge < -0.3 is 10.2 Å². The number of rotatable bonds is 2. The molecule has 0 aromatic heterocycles. The highest BCUT2D eigenvalue weighted by atomic mass is 35.5. The van der Waals surface area contributed by atoms with Crippen molar-refractivity contribution < 1.29 is 4.79 Å². The van der Waals surface area contributed by atoms with Crippen LogP contribution >= 0.6 is 11.6 Å². The van der Waals surface area contributed by atoms with E-state index in [1.807, 2.05) is 48.2 Å². The molecule has 102 valence electrons. The fourth-order valence-corrected chi connectivity index (χ4v) is 2.71. The van der Waals surface area contributed by atoms with Crippen LogP contribution in [0.2, 0.25) is 5.02 Å². The summed E-state index contributed by atoms with van der Waals surface area (Å²) in [7, 11) is 0. The van der Waals surface area contributed by atoms with Gasteiger partial charge in [0.15, 0.2) is 0 Å². The molecule has 0 spiro atoms. The average molecular weight is 287 g/mol. The summed E-state index contributed by atoms with van der Waals surface area (Å²) in [6.45, 7) is 2.61. The number of amides is 1. The van der Waals surface area contributed by atoms with E-state index in [0.717, 1.165) is 11.3 Å². The topological polar surface area (TPSA) is 32.3 Å². The summed E-state index contributed by atoms with van der Waals surface area (Å²) in [6.07, 6.45) is -0.137. The summed E-state index contributed by atoms with van der Waals surface area (Å²) >= 11 is 5.99. The van der Waals surface area contributed by atoms with Crippen LogP contribution in [0, 0.1) is 0 Å². The smallest absolute Gasteiger partial charge is 0.257 e. The molecule has 0 unspecified atom stereocenters. The number of carbonyl (C=O) groups excluding carboxylic acids is 1. The lowest BCUT2D eigenvalue weighted by atomic mass is 10.0. The summed E-state index contributed by atoms with van der Waals surface area (Å²) in [5, 5.41) is 4.00. The van der Waals surface area contributed by atoms with Crippen LogP contribution in [0.4, 0.5) is 5.69 Å². The van der Waals surface area contributed by atoms with E-state index in [1.165, 1.54) is 0 Å². The van der Waals surface area contributed by atoms with Crippen molar-refractivity contribution in [3.05, 3.63) is 64.7 Å². The van der Waals surface area contributed by atoms with E-state index < -0.39 is 0 Å². The summed E-state index contributed by atoms with van der Waals surface area (Å²) < 4.78 is 0. The van der Waals surface area contributed by atoms with Gasteiger partial charge in [-0.2, -0.15) is 0 Å². The third-order valence-corrected chi connectivity index (χ3v) is 3.77. The Kier molecular flexibility index (Phi) is 3.36. The predicted molar refractivity (Wildman–Crippen MR) is 81.0 cm³/mol. The van der Waals surface area contributed by atoms with Crippen molar-refractivity contribution in [2.45, 2.75) is 13.1 Å². The third kappa shape index (κ3) is 2.14. The zero-order chi connectivity index (χ0) is 14.1. The summed E-state index contributed by atoms with van der Waals surface area (Å²) in [5.41, 5.74) is 2.53. The van der Waals surface area contributed by atoms with E-state index in [2.05, 4.69) is 5.32 Å². The molecule has 1 aliphatic heterocycles. The van der Waals surface area contributed by atoms with Crippen LogP contribution in [0.5, 0.6) is 0 Å². The number of fused-ring (bicyclic) bond motifs is 1. The van der Waals surface area contributed by atoms with Gasteiger partial charge in [-0.05, 0) is 30.7 Å². The zero-order valence-corrected chi connectivity index (χ0v) is 11.9. The van der Waals surface area contributed by atoms with Crippen molar-refractivity contribution >= 4 is 23.2 Å². The molecular formula is C16H15ClN2O. The van der Waals surface area contributed by atoms with Crippen LogP contribution in [0.3, 0.4) is 0 Å². The maximum atomic E-state index is 12.6. The number of hydrogen-bond donors (Lipinski definition) is 1. The summed E-state index contributed by atoms with van der Waals surface area (Å²) in [6, 6.07) is 15.3. The van der Waals surface area contributed by atoms with Crippen molar-refractivity contribution in [2.24, 2.45) is 0 Å². The molecule has 20 heavy (non-hydrogen) atoms. The SMILES string of the molecule is CCN1C(=O)c2cc(Cl)ccc2N[C@H]1c1ccccc1. The Morgan fingerprint density at radius 1 is 1.20 bits per heavy atom. The summed E-state index contributed by atoms with van der Waals surface area (Å²) in [4.78, 5) is 14.4. The maximum absolute atomic E-state index is 12.6. The number of carbonyl (C=O) groups is 1. The Hall–Kier alpha value is -2.00. The van der Waals surface area contributed by atoms with Gasteiger partial charge in [-0.1, -0.05) is 41.9 Å². The summed E-state index contributed by atoms with van der Waals surface area (Å²) in [5.74, 6) is 0.0117. The quantitative estimate of drug-likeness (QED) is 0.907. The molecule has 0 aliphatic carbocycles. The van der Waals surface area contributed by atoms with Crippen molar-refractivity contribution in [3.63, 3.8) is 0 Å². The lowest BCUT2D eigenvalue weighted by Gasteiger charge is -2.37. The lowest BCUT2D eigenvalue weighted by molar-refractivity contribution is 0.0695. The normalized spacial score (nSPS) is 17.6. The molecule has 1 heterocycles. The second kappa shape index (κ2) is 5.17. The predicted octanol–water partition coefficient (Wildman–Crippen LogP) is 3.93. The first-order valence-electron chi connectivity index (χ1n) is 6.62. The van der Waals surface area contributed by atoms with Crippen molar-refractivity contribution in [3.8, 4) is 0 Å². The van der Waals surface area contributed by atoms with Gasteiger partial charge >= 0.3 is 0 Å². The van der Waals surface area contributed by atoms with E-state index >= 15 is 0 Å². The molecule has 0 radical (unpaired) electrons. The van der Waals surface area contributed by atoms with E-state index in [4.69, 9.17) is 11.6 Å². The van der Waals surface area contributed by atoms with Gasteiger partial charge in [0.1, 0.15) is 6.17 Å². The van der Waals surface area contributed by atoms with E-state index in [0.29, 0.717) is 17.1 Å². The van der Waals surface area contributed by atoms with Crippen LogP contribution in [0.1, 0.15) is 29.0 Å². The zero-order valence-electron chi connectivity index (χ0n) is 11.1. The molecule has 0 fully saturated rings. The molecule has 1 amide bonds. The van der Waals surface area contributed by atoms with Gasteiger partial charge in [0, 0.05) is 17.3 Å². The van der Waals surface area contributed by atoms with Crippen LogP contribution in [-0.4, -0.2) is 17.4 Å². The lowest BCUT2D eigenvalue weighted by Crippen LogP contribution is -2.42. The fourth-order valence-electron chi connectivity index (χ4n) is 2.54. The number of anilines is 1. The Balaban J connectivity index is 2.06. The highest BCUT2D eigenvalue weighted by Crippen LogP contribution is 2.34. The number of benzene rings is 2. The molecule has 0 saturated carbocycles. The second-order valence-corrected chi connectivity index (χ2v) is 5.18. The average Bonchev–Trinajstić information content (AvgIpc) is 2.48. The minimum absolute atomic E-state index is 0.0117. The number of nitrogens with zero attached hydrogens (tertiary/aromatic N) is 1. The Morgan fingerprint density at radius 3 is 2.65 bits per heavy atom. The van der Waals surface area contributed by atoms with Crippen molar-refractivity contribution in [2.75, 3.05) is 11.9 Å². The maximum Gasteiger partial charge on any atom is 0.257 e. The number of nitrogens with one attached hydrogen (secondary N) is 1. The third-order valence-electron chi connectivity index (χ3n) is 3.53. The van der Waals surface area contributed by atoms with Crippen LogP contribution in [0.25, 0.3) is 0 Å². The van der Waals surface area contributed by atoms with Crippen LogP contribution in [-0.2, 0) is 0 Å². The van der Waals surface area contributed by atoms with E-state index in [9.17, 15) is 4.79 Å². The molecule has 2 aromatic carbocycles. The first-order chi connectivity index (χ1) is 9.70. The van der Waals surface area contributed by atoms with Gasteiger partial charge in [-0.3, -0.25) is 4.79 Å². The van der Waals surface area contributed by atoms with E-state index in [1.54, 1.807) is 12.1 Å². The fraction of sp³-hybridized carbons (Fsp3) is 0.188. The minimum atomic E-state index is -0.137. The van der Waals surface area contributed by atoms with Gasteiger partial charge in [-0.15, -0.1) is 0 Å². The highest BCUT2D eigenvalue weighted by Gasteiger charge is 2.31. The Morgan fingerprint density at radius 2 is 1.95 bits per heavy atom. The molecule has 3 rings (SSSR count). The monoisotopic (exact) mass is 286 g/mol. The molecule has 1 atom stereocenters. The second-order valence-electron chi connectivity index (χ2n) is 4.74. The van der Waals surface area contributed by atoms with Gasteiger partial charge in [0.05, 0.1) is 5.56 Å². The van der Waals surface area contributed by atoms with E-state index in [-0.39, 0.29) is 12.1 Å². The molecule has 0 saturated heterocycles. The van der Waals surface area contributed by atoms with Crippen LogP contribution < -0.4 is 5.32 Å². The van der Waals surface area contributed by atoms with Gasteiger partial charge in [-0.25, -0.2) is 0 Å². The van der Waals surface area contributed by atoms with Crippen molar-refractivity contribution in [1.29, 1.82) is 0 Å². The first-order valence-corrected chi connectivity index (χ1v) is 7.00. The van der Waals surface area contributed by atoms with Gasteiger partial charge in [0.2, 0.25) is 0 Å². The molecule has 1 N–H and O–H groups in total. The standard InChI is InChI=1S/C16H15ClN2O/c1-2-19-15(11-6-4-3-5-7-11)18-14-9-8-12(17)10-13(14)16(19)20/h3-10,15,18H,2H2,1H3/t15-/m1/s1. The van der Waals surface area contributed by atoms with Crippen LogP contribution in [0.15, 0.2) is 48.5 Å². The van der Waals surface area contributed by atoms with Crippen molar-refractivity contribution in [1.82, 2.24) is 4.90 Å². The number of halogens is 1. The Labute approximate surface area is 123 Å².